The summed E-state index contributed by atoms with van der Waals surface area (Å²) in [5.74, 6) is 0. The molecule has 0 atom stereocenters. The van der Waals surface area contributed by atoms with Crippen molar-refractivity contribution in [2.24, 2.45) is 5.73 Å². The zero-order valence-electron chi connectivity index (χ0n) is 8.73. The Hall–Kier alpha value is -0.910. The molecule has 0 aromatic heterocycles. The maximum Gasteiger partial charge on any atom is 0.240 e. The van der Waals surface area contributed by atoms with E-state index in [0.717, 1.165) is 5.56 Å². The van der Waals surface area contributed by atoms with Gasteiger partial charge in [-0.1, -0.05) is 25.1 Å². The summed E-state index contributed by atoms with van der Waals surface area (Å²) in [7, 11) is -3.37. The summed E-state index contributed by atoms with van der Waals surface area (Å²) >= 11 is 0. The monoisotopic (exact) mass is 228 g/mol. The van der Waals surface area contributed by atoms with Gasteiger partial charge in [0, 0.05) is 6.54 Å². The Bertz CT molecular complexity index is 415. The topological polar surface area (TPSA) is 72.2 Å². The van der Waals surface area contributed by atoms with Gasteiger partial charge in [0.25, 0.3) is 0 Å². The van der Waals surface area contributed by atoms with E-state index in [1.807, 2.05) is 6.07 Å². The quantitative estimate of drug-likeness (QED) is 0.770. The average molecular weight is 228 g/mol. The third-order valence-corrected chi connectivity index (χ3v) is 3.66. The molecule has 0 amide bonds. The van der Waals surface area contributed by atoms with Crippen molar-refractivity contribution < 1.29 is 8.42 Å². The van der Waals surface area contributed by atoms with Gasteiger partial charge in [-0.15, -0.1) is 0 Å². The Morgan fingerprint density at radius 3 is 2.60 bits per heavy atom. The molecule has 0 saturated heterocycles. The second-order valence-electron chi connectivity index (χ2n) is 3.15. The van der Waals surface area contributed by atoms with Crippen molar-refractivity contribution in [3.63, 3.8) is 0 Å². The van der Waals surface area contributed by atoms with Crippen LogP contribution in [0, 0.1) is 0 Å². The lowest BCUT2D eigenvalue weighted by Gasteiger charge is -2.09. The minimum atomic E-state index is -3.37. The molecule has 1 aromatic carbocycles. The van der Waals surface area contributed by atoms with Crippen molar-refractivity contribution in [3.05, 3.63) is 29.8 Å². The molecule has 0 saturated carbocycles. The summed E-state index contributed by atoms with van der Waals surface area (Å²) in [4.78, 5) is 0.331. The largest absolute Gasteiger partial charge is 0.330 e. The van der Waals surface area contributed by atoms with Crippen LogP contribution in [0.1, 0.15) is 12.5 Å². The van der Waals surface area contributed by atoms with Crippen LogP contribution in [0.4, 0.5) is 0 Å². The van der Waals surface area contributed by atoms with Crippen molar-refractivity contribution in [3.8, 4) is 0 Å². The Morgan fingerprint density at radius 2 is 2.00 bits per heavy atom. The number of hydrogen-bond donors (Lipinski definition) is 2. The molecule has 1 rings (SSSR count). The van der Waals surface area contributed by atoms with Crippen LogP contribution >= 0.6 is 0 Å². The maximum atomic E-state index is 11.8. The molecule has 0 aliphatic carbocycles. The standard InChI is InChI=1S/C10H16N2O2S/c1-2-12-15(13,14)10-6-4-3-5-9(10)7-8-11/h3-6,12H,2,7-8,11H2,1H3. The summed E-state index contributed by atoms with van der Waals surface area (Å²) in [6.45, 7) is 2.58. The minimum Gasteiger partial charge on any atom is -0.330 e. The fourth-order valence-corrected chi connectivity index (χ4v) is 2.70. The molecule has 15 heavy (non-hydrogen) atoms. The van der Waals surface area contributed by atoms with Crippen molar-refractivity contribution in [2.45, 2.75) is 18.2 Å². The molecular weight excluding hydrogens is 212 g/mol. The van der Waals surface area contributed by atoms with Crippen molar-refractivity contribution in [2.75, 3.05) is 13.1 Å². The van der Waals surface area contributed by atoms with Crippen molar-refractivity contribution in [1.82, 2.24) is 4.72 Å². The molecule has 0 unspecified atom stereocenters. The van der Waals surface area contributed by atoms with E-state index in [0.29, 0.717) is 24.4 Å². The molecule has 84 valence electrons. The van der Waals surface area contributed by atoms with E-state index in [2.05, 4.69) is 4.72 Å². The Morgan fingerprint density at radius 1 is 1.33 bits per heavy atom. The van der Waals surface area contributed by atoms with Crippen molar-refractivity contribution in [1.29, 1.82) is 0 Å². The zero-order valence-corrected chi connectivity index (χ0v) is 9.55. The van der Waals surface area contributed by atoms with E-state index in [1.165, 1.54) is 0 Å². The van der Waals surface area contributed by atoms with Gasteiger partial charge in [-0.05, 0) is 24.6 Å². The Kier molecular flexibility index (Phi) is 4.26. The summed E-state index contributed by atoms with van der Waals surface area (Å²) in [5, 5.41) is 0. The van der Waals surface area contributed by atoms with E-state index in [4.69, 9.17) is 5.73 Å². The molecule has 5 heteroatoms. The van der Waals surface area contributed by atoms with Gasteiger partial charge in [0.15, 0.2) is 0 Å². The molecular formula is C10H16N2O2S. The van der Waals surface area contributed by atoms with E-state index in [1.54, 1.807) is 25.1 Å². The smallest absolute Gasteiger partial charge is 0.240 e. The summed E-state index contributed by atoms with van der Waals surface area (Å²) in [5.41, 5.74) is 6.20. The third kappa shape index (κ3) is 3.02. The second kappa shape index (κ2) is 5.25. The Labute approximate surface area is 90.5 Å². The fraction of sp³-hybridized carbons (Fsp3) is 0.400. The Balaban J connectivity index is 3.12. The number of rotatable bonds is 5. The lowest BCUT2D eigenvalue weighted by atomic mass is 10.1. The molecule has 0 aliphatic rings. The van der Waals surface area contributed by atoms with Gasteiger partial charge in [0.05, 0.1) is 4.90 Å². The van der Waals surface area contributed by atoms with Crippen LogP contribution in [0.15, 0.2) is 29.2 Å². The summed E-state index contributed by atoms with van der Waals surface area (Å²) in [6.07, 6.45) is 0.570. The van der Waals surface area contributed by atoms with Gasteiger partial charge >= 0.3 is 0 Å². The number of benzene rings is 1. The van der Waals surface area contributed by atoms with E-state index < -0.39 is 10.0 Å². The first-order chi connectivity index (χ1) is 7.11. The SMILES string of the molecule is CCNS(=O)(=O)c1ccccc1CCN. The molecule has 0 heterocycles. The minimum absolute atomic E-state index is 0.331. The van der Waals surface area contributed by atoms with E-state index >= 15 is 0 Å². The number of nitrogens with two attached hydrogens (primary N) is 1. The fourth-order valence-electron chi connectivity index (χ4n) is 1.40. The van der Waals surface area contributed by atoms with Crippen LogP contribution < -0.4 is 10.5 Å². The van der Waals surface area contributed by atoms with Gasteiger partial charge in [-0.25, -0.2) is 13.1 Å². The highest BCUT2D eigenvalue weighted by molar-refractivity contribution is 7.89. The highest BCUT2D eigenvalue weighted by atomic mass is 32.2. The van der Waals surface area contributed by atoms with Gasteiger partial charge < -0.3 is 5.73 Å². The highest BCUT2D eigenvalue weighted by Gasteiger charge is 2.15. The van der Waals surface area contributed by atoms with Crippen molar-refractivity contribution >= 4 is 10.0 Å². The third-order valence-electron chi connectivity index (χ3n) is 2.01. The van der Waals surface area contributed by atoms with Crippen LogP contribution in [0.3, 0.4) is 0 Å². The maximum absolute atomic E-state index is 11.8. The zero-order chi connectivity index (χ0) is 11.3. The van der Waals surface area contributed by atoms with Gasteiger partial charge in [-0.2, -0.15) is 0 Å². The van der Waals surface area contributed by atoms with Gasteiger partial charge in [0.2, 0.25) is 10.0 Å². The van der Waals surface area contributed by atoms with Crippen LogP contribution in [-0.2, 0) is 16.4 Å². The first-order valence-electron chi connectivity index (χ1n) is 4.89. The number of sulfonamides is 1. The first-order valence-corrected chi connectivity index (χ1v) is 6.37. The highest BCUT2D eigenvalue weighted by Crippen LogP contribution is 2.15. The van der Waals surface area contributed by atoms with Crippen LogP contribution in [0.2, 0.25) is 0 Å². The van der Waals surface area contributed by atoms with E-state index in [-0.39, 0.29) is 0 Å². The van der Waals surface area contributed by atoms with Crippen LogP contribution in [0.25, 0.3) is 0 Å². The average Bonchev–Trinajstić information content (AvgIpc) is 2.19. The summed E-state index contributed by atoms with van der Waals surface area (Å²) < 4.78 is 26.0. The molecule has 0 fully saturated rings. The molecule has 1 aromatic rings. The normalized spacial score (nSPS) is 11.6. The molecule has 0 aliphatic heterocycles. The van der Waals surface area contributed by atoms with Gasteiger partial charge in [0.1, 0.15) is 0 Å². The molecule has 3 N–H and O–H groups in total. The first kappa shape index (κ1) is 12.2. The van der Waals surface area contributed by atoms with Crippen LogP contribution in [-0.4, -0.2) is 21.5 Å². The van der Waals surface area contributed by atoms with E-state index in [9.17, 15) is 8.42 Å². The van der Waals surface area contributed by atoms with Crippen LogP contribution in [0.5, 0.6) is 0 Å². The lowest BCUT2D eigenvalue weighted by molar-refractivity contribution is 0.582. The molecule has 0 radical (unpaired) electrons. The molecule has 4 nitrogen and oxygen atoms in total. The lowest BCUT2D eigenvalue weighted by Crippen LogP contribution is -2.24. The molecule has 0 spiro atoms. The predicted octanol–water partition coefficient (Wildman–Crippen LogP) is 0.486. The summed E-state index contributed by atoms with van der Waals surface area (Å²) in [6, 6.07) is 6.92. The predicted molar refractivity (Wildman–Crippen MR) is 60.1 cm³/mol. The molecule has 0 bridgehead atoms. The van der Waals surface area contributed by atoms with Gasteiger partial charge in [-0.3, -0.25) is 0 Å². The number of nitrogens with one attached hydrogen (secondary N) is 1. The number of hydrogen-bond acceptors (Lipinski definition) is 3. The second-order valence-corrected chi connectivity index (χ2v) is 4.88.